The molecule has 8 heteroatoms. The zero-order valence-electron chi connectivity index (χ0n) is 16.6. The first-order chi connectivity index (χ1) is 13.4. The number of rotatable bonds is 8. The van der Waals surface area contributed by atoms with Crippen LogP contribution in [-0.4, -0.2) is 47.3 Å². The first-order valence-corrected chi connectivity index (χ1v) is 8.19. The van der Waals surface area contributed by atoms with Crippen molar-refractivity contribution in [1.82, 2.24) is 0 Å². The van der Waals surface area contributed by atoms with E-state index in [1.165, 1.54) is 66.7 Å². The molecule has 2 aromatic rings. The zero-order chi connectivity index (χ0) is 20.8. The summed E-state index contributed by atoms with van der Waals surface area (Å²) in [5.74, 6) is 0.455. The third kappa shape index (κ3) is 4.11. The molecule has 0 saturated carbocycles. The van der Waals surface area contributed by atoms with Gasteiger partial charge < -0.3 is 28.4 Å². The van der Waals surface area contributed by atoms with Crippen LogP contribution in [0.1, 0.15) is 27.6 Å². The van der Waals surface area contributed by atoms with Gasteiger partial charge in [-0.05, 0) is 6.92 Å². The Labute approximate surface area is 162 Å². The summed E-state index contributed by atoms with van der Waals surface area (Å²) >= 11 is 0. The molecule has 0 aliphatic carbocycles. The van der Waals surface area contributed by atoms with Crippen molar-refractivity contribution in [1.29, 1.82) is 0 Å². The molecule has 0 atom stereocenters. The lowest BCUT2D eigenvalue weighted by molar-refractivity contribution is 0.0728. The quantitative estimate of drug-likeness (QED) is 0.386. The predicted octanol–water partition coefficient (Wildman–Crippen LogP) is 3.15. The fourth-order valence-electron chi connectivity index (χ4n) is 2.62. The predicted molar refractivity (Wildman–Crippen MR) is 101 cm³/mol. The minimum Gasteiger partial charge on any atom is -0.496 e. The van der Waals surface area contributed by atoms with Crippen molar-refractivity contribution in [3.8, 4) is 34.5 Å². The van der Waals surface area contributed by atoms with Crippen molar-refractivity contribution in [3.63, 3.8) is 0 Å². The molecule has 0 bridgehead atoms. The molecule has 8 nitrogen and oxygen atoms in total. The SMILES string of the molecule is COc1cc(OC)c(C(C)=O)c(OC(=O)c2cc(OC)c(OC)cc2OC)c1. The van der Waals surface area contributed by atoms with Gasteiger partial charge in [-0.25, -0.2) is 4.79 Å². The molecule has 2 aromatic carbocycles. The molecule has 0 amide bonds. The van der Waals surface area contributed by atoms with Crippen LogP contribution in [-0.2, 0) is 0 Å². The molecule has 0 spiro atoms. The van der Waals surface area contributed by atoms with E-state index < -0.39 is 5.97 Å². The molecule has 0 unspecified atom stereocenters. The van der Waals surface area contributed by atoms with Gasteiger partial charge >= 0.3 is 5.97 Å². The van der Waals surface area contributed by atoms with Gasteiger partial charge in [0.2, 0.25) is 0 Å². The van der Waals surface area contributed by atoms with E-state index in [9.17, 15) is 9.59 Å². The second-order valence-corrected chi connectivity index (χ2v) is 5.56. The summed E-state index contributed by atoms with van der Waals surface area (Å²) in [6, 6.07) is 5.91. The molecule has 0 aliphatic heterocycles. The van der Waals surface area contributed by atoms with Crippen LogP contribution in [0.2, 0.25) is 0 Å². The molecule has 150 valence electrons. The number of esters is 1. The maximum Gasteiger partial charge on any atom is 0.347 e. The molecular formula is C20H22O8. The first-order valence-electron chi connectivity index (χ1n) is 8.19. The molecule has 0 heterocycles. The topological polar surface area (TPSA) is 89.5 Å². The highest BCUT2D eigenvalue weighted by molar-refractivity contribution is 6.02. The number of ketones is 1. The maximum absolute atomic E-state index is 12.8. The van der Waals surface area contributed by atoms with Crippen LogP contribution >= 0.6 is 0 Å². The van der Waals surface area contributed by atoms with Gasteiger partial charge in [-0.1, -0.05) is 0 Å². The van der Waals surface area contributed by atoms with E-state index in [1.54, 1.807) is 0 Å². The maximum atomic E-state index is 12.8. The average Bonchev–Trinajstić information content (AvgIpc) is 2.71. The summed E-state index contributed by atoms with van der Waals surface area (Å²) < 4.78 is 31.6. The highest BCUT2D eigenvalue weighted by Gasteiger charge is 2.24. The van der Waals surface area contributed by atoms with Gasteiger partial charge in [0.05, 0.1) is 35.5 Å². The lowest BCUT2D eigenvalue weighted by atomic mass is 10.1. The minimum absolute atomic E-state index is 0.00513. The van der Waals surface area contributed by atoms with E-state index in [1.807, 2.05) is 0 Å². The van der Waals surface area contributed by atoms with Crippen molar-refractivity contribution in [2.45, 2.75) is 6.92 Å². The fourth-order valence-corrected chi connectivity index (χ4v) is 2.62. The van der Waals surface area contributed by atoms with Gasteiger partial charge in [0.1, 0.15) is 34.1 Å². The normalized spacial score (nSPS) is 10.1. The van der Waals surface area contributed by atoms with Crippen molar-refractivity contribution in [2.24, 2.45) is 0 Å². The Kier molecular flexibility index (Phi) is 6.70. The van der Waals surface area contributed by atoms with Crippen LogP contribution in [0.4, 0.5) is 0 Å². The Balaban J connectivity index is 2.54. The van der Waals surface area contributed by atoms with Gasteiger partial charge in [-0.15, -0.1) is 0 Å². The van der Waals surface area contributed by atoms with E-state index >= 15 is 0 Å². The summed E-state index contributed by atoms with van der Waals surface area (Å²) in [5.41, 5.74) is 0.215. The van der Waals surface area contributed by atoms with E-state index in [0.717, 1.165) is 0 Å². The van der Waals surface area contributed by atoms with Gasteiger partial charge in [0, 0.05) is 24.3 Å². The van der Waals surface area contributed by atoms with Crippen LogP contribution in [0.25, 0.3) is 0 Å². The number of ether oxygens (including phenoxy) is 6. The summed E-state index contributed by atoms with van der Waals surface area (Å²) in [6.07, 6.45) is 0. The van der Waals surface area contributed by atoms with Crippen LogP contribution in [0.5, 0.6) is 34.5 Å². The highest BCUT2D eigenvalue weighted by Crippen LogP contribution is 2.37. The molecule has 0 N–H and O–H groups in total. The second kappa shape index (κ2) is 8.98. The van der Waals surface area contributed by atoms with Crippen molar-refractivity contribution < 1.29 is 38.0 Å². The summed E-state index contributed by atoms with van der Waals surface area (Å²) in [4.78, 5) is 24.9. The second-order valence-electron chi connectivity index (χ2n) is 5.56. The monoisotopic (exact) mass is 390 g/mol. The Hall–Kier alpha value is -3.42. The number of carbonyl (C=O) groups excluding carboxylic acids is 2. The Bertz CT molecular complexity index is 888. The number of benzene rings is 2. The number of Topliss-reactive ketones (excluding diaryl/α,β-unsaturated/α-hetero) is 1. The van der Waals surface area contributed by atoms with E-state index in [-0.39, 0.29) is 34.2 Å². The van der Waals surface area contributed by atoms with Gasteiger partial charge in [0.25, 0.3) is 0 Å². The Morgan fingerprint density at radius 3 is 1.68 bits per heavy atom. The molecule has 0 radical (unpaired) electrons. The van der Waals surface area contributed by atoms with Crippen LogP contribution in [0.15, 0.2) is 24.3 Å². The third-order valence-electron chi connectivity index (χ3n) is 3.98. The van der Waals surface area contributed by atoms with Crippen molar-refractivity contribution in [2.75, 3.05) is 35.5 Å². The van der Waals surface area contributed by atoms with Crippen molar-refractivity contribution in [3.05, 3.63) is 35.4 Å². The summed E-state index contributed by atoms with van der Waals surface area (Å²) in [7, 11) is 7.18. The third-order valence-corrected chi connectivity index (χ3v) is 3.98. The minimum atomic E-state index is -0.754. The standard InChI is InChI=1S/C20H22O8/c1-11(21)19-17(27-6)7-12(23-2)8-18(19)28-20(22)13-9-15(25-4)16(26-5)10-14(13)24-3/h7-10H,1-6H3. The molecular weight excluding hydrogens is 368 g/mol. The van der Waals surface area contributed by atoms with Gasteiger partial charge in [-0.2, -0.15) is 0 Å². The molecule has 28 heavy (non-hydrogen) atoms. The lowest BCUT2D eigenvalue weighted by Gasteiger charge is -2.16. The van der Waals surface area contributed by atoms with E-state index in [2.05, 4.69) is 0 Å². The number of hydrogen-bond acceptors (Lipinski definition) is 8. The van der Waals surface area contributed by atoms with E-state index in [0.29, 0.717) is 17.2 Å². The largest absolute Gasteiger partial charge is 0.496 e. The molecule has 0 aromatic heterocycles. The molecule has 0 aliphatic rings. The molecule has 2 rings (SSSR count). The molecule has 0 fully saturated rings. The van der Waals surface area contributed by atoms with Crippen molar-refractivity contribution >= 4 is 11.8 Å². The van der Waals surface area contributed by atoms with Gasteiger partial charge in [0.15, 0.2) is 17.3 Å². The number of carbonyl (C=O) groups is 2. The van der Waals surface area contributed by atoms with Gasteiger partial charge in [-0.3, -0.25) is 4.79 Å². The number of hydrogen-bond donors (Lipinski definition) is 0. The van der Waals surface area contributed by atoms with Crippen LogP contribution < -0.4 is 28.4 Å². The Morgan fingerprint density at radius 1 is 0.643 bits per heavy atom. The molecule has 0 saturated heterocycles. The smallest absolute Gasteiger partial charge is 0.347 e. The van der Waals surface area contributed by atoms with E-state index in [4.69, 9.17) is 28.4 Å². The van der Waals surface area contributed by atoms with Crippen LogP contribution in [0, 0.1) is 0 Å². The fraction of sp³-hybridized carbons (Fsp3) is 0.300. The lowest BCUT2D eigenvalue weighted by Crippen LogP contribution is -2.13. The zero-order valence-corrected chi connectivity index (χ0v) is 16.6. The Morgan fingerprint density at radius 2 is 1.18 bits per heavy atom. The summed E-state index contributed by atoms with van der Waals surface area (Å²) in [5, 5.41) is 0. The van der Waals surface area contributed by atoms with Crippen LogP contribution in [0.3, 0.4) is 0 Å². The highest BCUT2D eigenvalue weighted by atomic mass is 16.5. The summed E-state index contributed by atoms with van der Waals surface area (Å²) in [6.45, 7) is 1.35. The average molecular weight is 390 g/mol. The number of methoxy groups -OCH3 is 5. The first kappa shape index (κ1) is 20.9.